The lowest BCUT2D eigenvalue weighted by Gasteiger charge is -2.25. The number of fused-ring (bicyclic) bond motifs is 1. The maximum Gasteiger partial charge on any atom is 0.287 e. The molecule has 3 rings (SSSR count). The third-order valence-electron chi connectivity index (χ3n) is 3.47. The van der Waals surface area contributed by atoms with Crippen molar-refractivity contribution in [2.75, 3.05) is 0 Å². The van der Waals surface area contributed by atoms with Gasteiger partial charge in [-0.15, -0.1) is 0 Å². The van der Waals surface area contributed by atoms with Gasteiger partial charge in [0.2, 0.25) is 0 Å². The molecule has 2 aromatic rings. The lowest BCUT2D eigenvalue weighted by molar-refractivity contribution is 0.0904. The fraction of sp³-hybridized carbons (Fsp3) is 0.267. The van der Waals surface area contributed by atoms with Crippen molar-refractivity contribution in [2.45, 2.75) is 25.3 Å². The van der Waals surface area contributed by atoms with E-state index >= 15 is 0 Å². The Balaban J connectivity index is 1.79. The minimum atomic E-state index is -0.214. The van der Waals surface area contributed by atoms with E-state index in [4.69, 9.17) is 16.0 Å². The summed E-state index contributed by atoms with van der Waals surface area (Å²) in [5, 5.41) is 3.24. The molecular formula is C15H14ClNO2. The maximum atomic E-state index is 12.1. The summed E-state index contributed by atoms with van der Waals surface area (Å²) >= 11 is 5.68. The maximum absolute atomic E-state index is 12.1. The topological polar surface area (TPSA) is 42.2 Å². The molecule has 1 unspecified atom stereocenters. The predicted molar refractivity (Wildman–Crippen MR) is 73.3 cm³/mol. The summed E-state index contributed by atoms with van der Waals surface area (Å²) < 4.78 is 5.13. The molecule has 0 spiro atoms. The van der Waals surface area contributed by atoms with Crippen molar-refractivity contribution in [3.63, 3.8) is 0 Å². The van der Waals surface area contributed by atoms with Crippen LogP contribution in [-0.4, -0.2) is 5.91 Å². The standard InChI is InChI=1S/C15H14ClNO2/c16-14-9-8-13(19-14)15(18)17-12-7-3-5-10-4-1-2-6-11(10)12/h1-2,4,6,8-9,12H,3,5,7H2,(H,17,18). The van der Waals surface area contributed by atoms with Gasteiger partial charge in [0.25, 0.3) is 5.91 Å². The normalized spacial score (nSPS) is 17.8. The van der Waals surface area contributed by atoms with Crippen LogP contribution in [0.25, 0.3) is 0 Å². The molecule has 1 aliphatic carbocycles. The van der Waals surface area contributed by atoms with Crippen molar-refractivity contribution < 1.29 is 9.21 Å². The Kier molecular flexibility index (Phi) is 3.30. The zero-order valence-corrected chi connectivity index (χ0v) is 11.1. The molecule has 1 aliphatic rings. The van der Waals surface area contributed by atoms with Gasteiger partial charge in [-0.1, -0.05) is 24.3 Å². The molecule has 3 nitrogen and oxygen atoms in total. The molecule has 0 bridgehead atoms. The van der Waals surface area contributed by atoms with Crippen molar-refractivity contribution in [1.29, 1.82) is 0 Å². The van der Waals surface area contributed by atoms with Gasteiger partial charge in [-0.05, 0) is 54.1 Å². The van der Waals surface area contributed by atoms with Crippen LogP contribution in [0.2, 0.25) is 5.22 Å². The SMILES string of the molecule is O=C(NC1CCCc2ccccc21)c1ccc(Cl)o1. The van der Waals surface area contributed by atoms with Crippen LogP contribution in [0.1, 0.15) is 40.6 Å². The van der Waals surface area contributed by atoms with Crippen LogP contribution >= 0.6 is 11.6 Å². The van der Waals surface area contributed by atoms with Gasteiger partial charge in [-0.3, -0.25) is 4.79 Å². The molecule has 0 saturated heterocycles. The number of aryl methyl sites for hydroxylation is 1. The number of furan rings is 1. The largest absolute Gasteiger partial charge is 0.440 e. The lowest BCUT2D eigenvalue weighted by atomic mass is 9.88. The minimum Gasteiger partial charge on any atom is -0.440 e. The van der Waals surface area contributed by atoms with Gasteiger partial charge in [0.05, 0.1) is 6.04 Å². The van der Waals surface area contributed by atoms with Crippen LogP contribution in [0.15, 0.2) is 40.8 Å². The van der Waals surface area contributed by atoms with E-state index in [9.17, 15) is 4.79 Å². The second-order valence-electron chi connectivity index (χ2n) is 4.72. The highest BCUT2D eigenvalue weighted by atomic mass is 35.5. The number of rotatable bonds is 2. The van der Waals surface area contributed by atoms with E-state index in [-0.39, 0.29) is 22.9 Å². The van der Waals surface area contributed by atoms with Crippen LogP contribution in [0.4, 0.5) is 0 Å². The van der Waals surface area contributed by atoms with Crippen LogP contribution in [0.5, 0.6) is 0 Å². The summed E-state index contributed by atoms with van der Waals surface area (Å²) in [4.78, 5) is 12.1. The van der Waals surface area contributed by atoms with Crippen LogP contribution in [0, 0.1) is 0 Å². The fourth-order valence-electron chi connectivity index (χ4n) is 2.57. The summed E-state index contributed by atoms with van der Waals surface area (Å²) in [5.74, 6) is 0.0432. The summed E-state index contributed by atoms with van der Waals surface area (Å²) in [6.45, 7) is 0. The first-order valence-corrected chi connectivity index (χ1v) is 6.76. The average molecular weight is 276 g/mol. The third kappa shape index (κ3) is 2.51. The van der Waals surface area contributed by atoms with Crippen molar-refractivity contribution in [1.82, 2.24) is 5.32 Å². The monoisotopic (exact) mass is 275 g/mol. The number of hydrogen-bond donors (Lipinski definition) is 1. The van der Waals surface area contributed by atoms with Crippen LogP contribution in [0.3, 0.4) is 0 Å². The van der Waals surface area contributed by atoms with Gasteiger partial charge < -0.3 is 9.73 Å². The minimum absolute atomic E-state index is 0.0568. The third-order valence-corrected chi connectivity index (χ3v) is 3.67. The zero-order chi connectivity index (χ0) is 13.2. The van der Waals surface area contributed by atoms with Crippen molar-refractivity contribution in [2.24, 2.45) is 0 Å². The highest BCUT2D eigenvalue weighted by Crippen LogP contribution is 2.29. The number of halogens is 1. The summed E-state index contributed by atoms with van der Waals surface area (Å²) in [6, 6.07) is 11.5. The summed E-state index contributed by atoms with van der Waals surface area (Å²) in [5.41, 5.74) is 2.52. The molecular weight excluding hydrogens is 262 g/mol. The van der Waals surface area contributed by atoms with Crippen LogP contribution < -0.4 is 5.32 Å². The highest BCUT2D eigenvalue weighted by Gasteiger charge is 2.22. The molecule has 4 heteroatoms. The van der Waals surface area contributed by atoms with Gasteiger partial charge >= 0.3 is 0 Å². The molecule has 19 heavy (non-hydrogen) atoms. The summed E-state index contributed by atoms with van der Waals surface area (Å²) in [7, 11) is 0. The van der Waals surface area contributed by atoms with Crippen LogP contribution in [-0.2, 0) is 6.42 Å². The first kappa shape index (κ1) is 12.3. The van der Waals surface area contributed by atoms with Gasteiger partial charge in [0.15, 0.2) is 11.0 Å². The molecule has 1 atom stereocenters. The number of hydrogen-bond acceptors (Lipinski definition) is 2. The smallest absolute Gasteiger partial charge is 0.287 e. The molecule has 1 N–H and O–H groups in total. The number of carbonyl (C=O) groups is 1. The van der Waals surface area contributed by atoms with E-state index in [0.717, 1.165) is 19.3 Å². The average Bonchev–Trinajstić information content (AvgIpc) is 2.86. The zero-order valence-electron chi connectivity index (χ0n) is 10.4. The van der Waals surface area contributed by atoms with Crippen molar-refractivity contribution >= 4 is 17.5 Å². The molecule has 1 aromatic heterocycles. The number of amides is 1. The van der Waals surface area contributed by atoms with E-state index in [2.05, 4.69) is 17.4 Å². The Labute approximate surface area is 116 Å². The Morgan fingerprint density at radius 1 is 1.26 bits per heavy atom. The van der Waals surface area contributed by atoms with Crippen molar-refractivity contribution in [3.8, 4) is 0 Å². The number of nitrogens with one attached hydrogen (secondary N) is 1. The Morgan fingerprint density at radius 2 is 2.11 bits per heavy atom. The second kappa shape index (κ2) is 5.10. The highest BCUT2D eigenvalue weighted by molar-refractivity contribution is 6.29. The number of benzene rings is 1. The molecule has 0 fully saturated rings. The van der Waals surface area contributed by atoms with Gasteiger partial charge in [0, 0.05) is 0 Å². The molecule has 98 valence electrons. The van der Waals surface area contributed by atoms with E-state index in [1.54, 1.807) is 12.1 Å². The predicted octanol–water partition coefficient (Wildman–Crippen LogP) is 3.74. The second-order valence-corrected chi connectivity index (χ2v) is 5.09. The first-order chi connectivity index (χ1) is 9.24. The van der Waals surface area contributed by atoms with Gasteiger partial charge in [0.1, 0.15) is 0 Å². The van der Waals surface area contributed by atoms with E-state index in [0.29, 0.717) is 0 Å². The quantitative estimate of drug-likeness (QED) is 0.907. The Morgan fingerprint density at radius 3 is 2.89 bits per heavy atom. The molecule has 0 saturated carbocycles. The van der Waals surface area contributed by atoms with E-state index in [1.807, 2.05) is 12.1 Å². The molecule has 0 radical (unpaired) electrons. The molecule has 1 amide bonds. The van der Waals surface area contributed by atoms with Gasteiger partial charge in [-0.2, -0.15) is 0 Å². The fourth-order valence-corrected chi connectivity index (χ4v) is 2.72. The Hall–Kier alpha value is -1.74. The van der Waals surface area contributed by atoms with Gasteiger partial charge in [-0.25, -0.2) is 0 Å². The summed E-state index contributed by atoms with van der Waals surface area (Å²) in [6.07, 6.45) is 3.12. The lowest BCUT2D eigenvalue weighted by Crippen LogP contribution is -2.30. The molecule has 0 aliphatic heterocycles. The van der Waals surface area contributed by atoms with E-state index in [1.165, 1.54) is 11.1 Å². The number of carbonyl (C=O) groups excluding carboxylic acids is 1. The Bertz CT molecular complexity index is 606. The molecule has 1 aromatic carbocycles. The van der Waals surface area contributed by atoms with E-state index < -0.39 is 0 Å². The first-order valence-electron chi connectivity index (χ1n) is 6.38. The van der Waals surface area contributed by atoms with Crippen molar-refractivity contribution in [3.05, 3.63) is 58.5 Å². The molecule has 1 heterocycles.